The maximum absolute atomic E-state index is 10.9. The van der Waals surface area contributed by atoms with E-state index in [1.54, 1.807) is 6.20 Å². The van der Waals surface area contributed by atoms with Crippen molar-refractivity contribution in [3.63, 3.8) is 0 Å². The van der Waals surface area contributed by atoms with Gasteiger partial charge in [-0.05, 0) is 24.8 Å². The molecule has 0 spiro atoms. The van der Waals surface area contributed by atoms with E-state index in [1.807, 2.05) is 24.3 Å². The maximum Gasteiger partial charge on any atom is 0.305 e. The summed E-state index contributed by atoms with van der Waals surface area (Å²) in [6.45, 7) is 0. The number of nitrogens with one attached hydrogen (secondary N) is 1. The number of fused-ring (bicyclic) bond motifs is 1. The van der Waals surface area contributed by atoms with Gasteiger partial charge in [-0.1, -0.05) is 18.2 Å². The second-order valence-electron chi connectivity index (χ2n) is 4.96. The molecule has 0 radical (unpaired) electrons. The number of hydrogen-bond acceptors (Lipinski definition) is 4. The van der Waals surface area contributed by atoms with Crippen molar-refractivity contribution in [3.8, 4) is 0 Å². The van der Waals surface area contributed by atoms with Crippen LogP contribution in [0, 0.1) is 5.92 Å². The molecule has 5 heteroatoms. The van der Waals surface area contributed by atoms with E-state index in [-0.39, 0.29) is 12.5 Å². The minimum Gasteiger partial charge on any atom is -0.481 e. The highest BCUT2D eigenvalue weighted by atomic mass is 16.4. The van der Waals surface area contributed by atoms with E-state index < -0.39 is 5.97 Å². The first kappa shape index (κ1) is 11.9. The Bertz CT molecular complexity index is 605. The van der Waals surface area contributed by atoms with Crippen LogP contribution in [0.4, 0.5) is 5.69 Å². The lowest BCUT2D eigenvalue weighted by Gasteiger charge is -2.18. The highest BCUT2D eigenvalue weighted by Crippen LogP contribution is 2.36. The quantitative estimate of drug-likeness (QED) is 0.859. The summed E-state index contributed by atoms with van der Waals surface area (Å²) in [5.41, 5.74) is 1.68. The summed E-state index contributed by atoms with van der Waals surface area (Å²) in [5.74, 6) is -0.307. The number of nitrogens with zero attached hydrogens (tertiary/aromatic N) is 2. The number of carboxylic acids is 1. The molecular weight excluding hydrogens is 242 g/mol. The second-order valence-corrected chi connectivity index (χ2v) is 4.96. The second kappa shape index (κ2) is 4.84. The fraction of sp³-hybridized carbons (Fsp3) is 0.357. The molecule has 1 aromatic heterocycles. The Morgan fingerprint density at radius 2 is 2.21 bits per heavy atom. The number of aliphatic carboxylic acids is 1. The highest BCUT2D eigenvalue weighted by molar-refractivity contribution is 5.90. The molecule has 0 saturated heterocycles. The first-order chi connectivity index (χ1) is 9.24. The average Bonchev–Trinajstić information content (AvgIpc) is 3.22. The molecule has 1 fully saturated rings. The zero-order chi connectivity index (χ0) is 13.2. The van der Waals surface area contributed by atoms with Gasteiger partial charge in [0, 0.05) is 11.4 Å². The van der Waals surface area contributed by atoms with Crippen LogP contribution in [0.1, 0.15) is 19.3 Å². The number of anilines is 1. The number of rotatable bonds is 5. The molecule has 1 unspecified atom stereocenters. The number of carbonyl (C=O) groups is 1. The van der Waals surface area contributed by atoms with Gasteiger partial charge in [0.05, 0.1) is 23.8 Å². The molecule has 1 aromatic carbocycles. The Balaban J connectivity index is 1.89. The number of hydrogen-bond donors (Lipinski definition) is 2. The van der Waals surface area contributed by atoms with Crippen LogP contribution >= 0.6 is 0 Å². The lowest BCUT2D eigenvalue weighted by atomic mass is 10.1. The predicted molar refractivity (Wildman–Crippen MR) is 71.9 cm³/mol. The normalized spacial score (nSPS) is 16.2. The van der Waals surface area contributed by atoms with Gasteiger partial charge in [0.1, 0.15) is 0 Å². The van der Waals surface area contributed by atoms with Crippen LogP contribution < -0.4 is 5.32 Å². The minimum absolute atomic E-state index is 0.0230. The maximum atomic E-state index is 10.9. The lowest BCUT2D eigenvalue weighted by Crippen LogP contribution is -2.25. The van der Waals surface area contributed by atoms with Crippen molar-refractivity contribution >= 4 is 22.6 Å². The van der Waals surface area contributed by atoms with Gasteiger partial charge < -0.3 is 10.4 Å². The van der Waals surface area contributed by atoms with Crippen LogP contribution in [0.2, 0.25) is 0 Å². The van der Waals surface area contributed by atoms with Crippen molar-refractivity contribution in [2.45, 2.75) is 25.3 Å². The van der Waals surface area contributed by atoms with Gasteiger partial charge in [0.15, 0.2) is 0 Å². The third-order valence-corrected chi connectivity index (χ3v) is 3.47. The van der Waals surface area contributed by atoms with E-state index in [0.29, 0.717) is 5.92 Å². The van der Waals surface area contributed by atoms with E-state index in [4.69, 9.17) is 5.11 Å². The molecule has 19 heavy (non-hydrogen) atoms. The molecule has 1 aliphatic rings. The molecule has 2 N–H and O–H groups in total. The Morgan fingerprint density at radius 3 is 2.95 bits per heavy atom. The van der Waals surface area contributed by atoms with Gasteiger partial charge in [0.2, 0.25) is 0 Å². The number of carboxylic acid groups (broad SMARTS) is 1. The lowest BCUT2D eigenvalue weighted by molar-refractivity contribution is -0.137. The summed E-state index contributed by atoms with van der Waals surface area (Å²) in [5, 5.41) is 21.3. The molecule has 1 saturated carbocycles. The van der Waals surface area contributed by atoms with Crippen LogP contribution in [-0.2, 0) is 4.79 Å². The van der Waals surface area contributed by atoms with Gasteiger partial charge in [0.25, 0.3) is 0 Å². The Labute approximate surface area is 110 Å². The van der Waals surface area contributed by atoms with E-state index in [1.165, 1.54) is 0 Å². The molecule has 5 nitrogen and oxygen atoms in total. The Hall–Kier alpha value is -2.17. The van der Waals surface area contributed by atoms with Crippen molar-refractivity contribution < 1.29 is 9.90 Å². The summed E-state index contributed by atoms with van der Waals surface area (Å²) < 4.78 is 0. The van der Waals surface area contributed by atoms with E-state index in [9.17, 15) is 4.79 Å². The molecule has 1 heterocycles. The topological polar surface area (TPSA) is 75.1 Å². The zero-order valence-electron chi connectivity index (χ0n) is 10.4. The molecular formula is C14H15N3O2. The minimum atomic E-state index is -0.768. The summed E-state index contributed by atoms with van der Waals surface area (Å²) in [4.78, 5) is 10.9. The van der Waals surface area contributed by atoms with E-state index in [0.717, 1.165) is 29.4 Å². The van der Waals surface area contributed by atoms with Crippen LogP contribution in [0.25, 0.3) is 10.9 Å². The van der Waals surface area contributed by atoms with E-state index >= 15 is 0 Å². The van der Waals surface area contributed by atoms with Crippen molar-refractivity contribution in [1.82, 2.24) is 10.2 Å². The third kappa shape index (κ3) is 2.65. The first-order valence-electron chi connectivity index (χ1n) is 6.43. The fourth-order valence-corrected chi connectivity index (χ4v) is 2.34. The molecule has 1 atom stereocenters. The van der Waals surface area contributed by atoms with Crippen LogP contribution in [0.5, 0.6) is 0 Å². The van der Waals surface area contributed by atoms with Crippen molar-refractivity contribution in [1.29, 1.82) is 0 Å². The van der Waals surface area contributed by atoms with Crippen LogP contribution in [-0.4, -0.2) is 27.3 Å². The largest absolute Gasteiger partial charge is 0.481 e. The van der Waals surface area contributed by atoms with Gasteiger partial charge in [-0.15, -0.1) is 0 Å². The van der Waals surface area contributed by atoms with Gasteiger partial charge in [-0.25, -0.2) is 0 Å². The molecule has 1 aliphatic carbocycles. The SMILES string of the molecule is O=C(O)CC(Nc1cnnc2ccccc12)C1CC1. The van der Waals surface area contributed by atoms with Gasteiger partial charge in [-0.3, -0.25) is 4.79 Å². The standard InChI is InChI=1S/C14H15N3O2/c18-14(19)7-12(9-5-6-9)16-13-8-15-17-11-4-2-1-3-10(11)13/h1-4,8-9,12H,5-7H2,(H,16,17)(H,18,19). The molecule has 0 bridgehead atoms. The number of benzene rings is 1. The van der Waals surface area contributed by atoms with Crippen molar-refractivity contribution in [3.05, 3.63) is 30.5 Å². The average molecular weight is 257 g/mol. The summed E-state index contributed by atoms with van der Waals surface area (Å²) in [6, 6.07) is 7.70. The van der Waals surface area contributed by atoms with Gasteiger partial charge in [-0.2, -0.15) is 10.2 Å². The van der Waals surface area contributed by atoms with Crippen molar-refractivity contribution in [2.24, 2.45) is 5.92 Å². The Kier molecular flexibility index (Phi) is 3.03. The van der Waals surface area contributed by atoms with Crippen molar-refractivity contribution in [2.75, 3.05) is 5.32 Å². The third-order valence-electron chi connectivity index (χ3n) is 3.47. The fourth-order valence-electron chi connectivity index (χ4n) is 2.34. The van der Waals surface area contributed by atoms with Crippen LogP contribution in [0.3, 0.4) is 0 Å². The summed E-state index contributed by atoms with van der Waals surface area (Å²) >= 11 is 0. The monoisotopic (exact) mass is 257 g/mol. The molecule has 0 amide bonds. The molecule has 3 rings (SSSR count). The number of aromatic nitrogens is 2. The zero-order valence-corrected chi connectivity index (χ0v) is 10.4. The molecule has 2 aromatic rings. The highest BCUT2D eigenvalue weighted by Gasteiger charge is 2.32. The smallest absolute Gasteiger partial charge is 0.305 e. The van der Waals surface area contributed by atoms with Crippen LogP contribution in [0.15, 0.2) is 30.5 Å². The predicted octanol–water partition coefficient (Wildman–Crippen LogP) is 2.30. The molecule has 98 valence electrons. The molecule has 0 aliphatic heterocycles. The summed E-state index contributed by atoms with van der Waals surface area (Å²) in [6.07, 6.45) is 4.00. The van der Waals surface area contributed by atoms with Gasteiger partial charge >= 0.3 is 5.97 Å². The summed E-state index contributed by atoms with van der Waals surface area (Å²) in [7, 11) is 0. The Morgan fingerprint density at radius 1 is 1.42 bits per heavy atom. The van der Waals surface area contributed by atoms with E-state index in [2.05, 4.69) is 15.5 Å². The first-order valence-corrected chi connectivity index (χ1v) is 6.43.